The second kappa shape index (κ2) is 8.56. The van der Waals surface area contributed by atoms with E-state index in [1.807, 2.05) is 19.1 Å². The molecular formula is C19H28N4O2. The van der Waals surface area contributed by atoms with E-state index in [0.29, 0.717) is 11.8 Å². The van der Waals surface area contributed by atoms with Crippen LogP contribution in [0, 0.1) is 6.92 Å². The van der Waals surface area contributed by atoms with Gasteiger partial charge in [0, 0.05) is 44.9 Å². The smallest absolute Gasteiger partial charge is 0.247 e. The Morgan fingerprint density at radius 1 is 1.12 bits per heavy atom. The van der Waals surface area contributed by atoms with Crippen molar-refractivity contribution in [3.05, 3.63) is 35.7 Å². The van der Waals surface area contributed by atoms with Crippen molar-refractivity contribution in [3.63, 3.8) is 0 Å². The third-order valence-electron chi connectivity index (χ3n) is 4.81. The van der Waals surface area contributed by atoms with Crippen molar-refractivity contribution in [1.82, 2.24) is 20.0 Å². The van der Waals surface area contributed by atoms with Gasteiger partial charge in [-0.3, -0.25) is 9.80 Å². The molecule has 6 heteroatoms. The Balaban J connectivity index is 1.55. The molecule has 0 aliphatic carbocycles. The number of ether oxygens (including phenoxy) is 1. The summed E-state index contributed by atoms with van der Waals surface area (Å²) in [5, 5.41) is 8.50. The Hall–Kier alpha value is -1.76. The molecule has 0 unspecified atom stereocenters. The average Bonchev–Trinajstić information content (AvgIpc) is 3.13. The van der Waals surface area contributed by atoms with Crippen LogP contribution in [0.5, 0.6) is 0 Å². The van der Waals surface area contributed by atoms with Crippen LogP contribution in [0.2, 0.25) is 0 Å². The van der Waals surface area contributed by atoms with Crippen molar-refractivity contribution in [2.75, 3.05) is 45.9 Å². The molecule has 0 amide bonds. The first-order chi connectivity index (χ1) is 12.2. The van der Waals surface area contributed by atoms with Gasteiger partial charge in [-0.15, -0.1) is 10.2 Å². The van der Waals surface area contributed by atoms with Gasteiger partial charge < -0.3 is 9.15 Å². The van der Waals surface area contributed by atoms with E-state index in [9.17, 15) is 0 Å². The molecule has 1 saturated heterocycles. The molecular weight excluding hydrogens is 316 g/mol. The zero-order valence-corrected chi connectivity index (χ0v) is 15.4. The van der Waals surface area contributed by atoms with E-state index < -0.39 is 0 Å². The number of hydrogen-bond acceptors (Lipinski definition) is 6. The van der Waals surface area contributed by atoms with Gasteiger partial charge in [0.1, 0.15) is 0 Å². The molecule has 0 radical (unpaired) electrons. The van der Waals surface area contributed by atoms with E-state index in [4.69, 9.17) is 9.15 Å². The molecule has 0 bridgehead atoms. The maximum atomic E-state index is 5.93. The third-order valence-corrected chi connectivity index (χ3v) is 4.81. The summed E-state index contributed by atoms with van der Waals surface area (Å²) in [5.74, 6) is 1.29. The second-order valence-corrected chi connectivity index (χ2v) is 6.56. The normalized spacial score (nSPS) is 17.7. The Morgan fingerprint density at radius 3 is 2.52 bits per heavy atom. The minimum absolute atomic E-state index is 0.140. The predicted molar refractivity (Wildman–Crippen MR) is 97.4 cm³/mol. The van der Waals surface area contributed by atoms with Crippen LogP contribution in [0.15, 0.2) is 28.7 Å². The summed E-state index contributed by atoms with van der Waals surface area (Å²) in [7, 11) is 0. The van der Waals surface area contributed by atoms with Crippen LogP contribution in [0.1, 0.15) is 31.3 Å². The van der Waals surface area contributed by atoms with Gasteiger partial charge in [-0.1, -0.05) is 17.7 Å². The minimum Gasteiger partial charge on any atom is -0.419 e. The summed E-state index contributed by atoms with van der Waals surface area (Å²) >= 11 is 0. The van der Waals surface area contributed by atoms with Crippen LogP contribution in [0.3, 0.4) is 0 Å². The van der Waals surface area contributed by atoms with Crippen LogP contribution >= 0.6 is 0 Å². The summed E-state index contributed by atoms with van der Waals surface area (Å²) in [5.41, 5.74) is 2.19. The van der Waals surface area contributed by atoms with Crippen molar-refractivity contribution in [2.45, 2.75) is 26.8 Å². The Bertz CT molecular complexity index is 648. The lowest BCUT2D eigenvalue weighted by Gasteiger charge is -2.36. The van der Waals surface area contributed by atoms with Crippen molar-refractivity contribution in [1.29, 1.82) is 0 Å². The monoisotopic (exact) mass is 344 g/mol. The van der Waals surface area contributed by atoms with Crippen LogP contribution in [-0.4, -0.2) is 65.9 Å². The number of hydrogen-bond donors (Lipinski definition) is 0. The molecule has 25 heavy (non-hydrogen) atoms. The first-order valence-corrected chi connectivity index (χ1v) is 9.12. The second-order valence-electron chi connectivity index (χ2n) is 6.56. The van der Waals surface area contributed by atoms with Crippen molar-refractivity contribution < 1.29 is 9.15 Å². The van der Waals surface area contributed by atoms with Gasteiger partial charge in [-0.2, -0.15) is 0 Å². The lowest BCUT2D eigenvalue weighted by atomic mass is 10.1. The van der Waals surface area contributed by atoms with Crippen molar-refractivity contribution >= 4 is 0 Å². The van der Waals surface area contributed by atoms with E-state index in [-0.39, 0.29) is 6.04 Å². The fourth-order valence-corrected chi connectivity index (χ4v) is 3.08. The summed E-state index contributed by atoms with van der Waals surface area (Å²) in [6.07, 6.45) is 0. The number of nitrogens with zero attached hydrogens (tertiary/aromatic N) is 4. The Kier molecular flexibility index (Phi) is 6.18. The molecule has 3 rings (SSSR count). The van der Waals surface area contributed by atoms with Gasteiger partial charge in [0.2, 0.25) is 11.8 Å². The van der Waals surface area contributed by atoms with Crippen LogP contribution < -0.4 is 0 Å². The highest BCUT2D eigenvalue weighted by Crippen LogP contribution is 2.24. The standard InChI is InChI=1S/C19H28N4O2/c1-4-24-14-13-22-9-11-23(12-10-22)16(3)18-20-21-19(25-18)17-7-5-15(2)6-8-17/h5-8,16H,4,9-14H2,1-3H3/t16-/m0/s1. The fraction of sp³-hybridized carbons (Fsp3) is 0.579. The zero-order chi connectivity index (χ0) is 17.6. The topological polar surface area (TPSA) is 54.6 Å². The van der Waals surface area contributed by atoms with Gasteiger partial charge in [0.25, 0.3) is 0 Å². The van der Waals surface area contributed by atoms with Gasteiger partial charge in [-0.05, 0) is 32.9 Å². The van der Waals surface area contributed by atoms with Gasteiger partial charge in [0.05, 0.1) is 12.6 Å². The minimum atomic E-state index is 0.140. The van der Waals surface area contributed by atoms with E-state index >= 15 is 0 Å². The van der Waals surface area contributed by atoms with E-state index in [1.165, 1.54) is 5.56 Å². The third kappa shape index (κ3) is 4.66. The van der Waals surface area contributed by atoms with E-state index in [1.54, 1.807) is 0 Å². The molecule has 1 aliphatic rings. The van der Waals surface area contributed by atoms with E-state index in [2.05, 4.69) is 46.0 Å². The first-order valence-electron chi connectivity index (χ1n) is 9.12. The molecule has 1 aromatic carbocycles. The molecule has 0 N–H and O–H groups in total. The molecule has 136 valence electrons. The molecule has 6 nitrogen and oxygen atoms in total. The summed E-state index contributed by atoms with van der Waals surface area (Å²) < 4.78 is 11.4. The predicted octanol–water partition coefficient (Wildman–Crippen LogP) is 2.76. The number of aryl methyl sites for hydroxylation is 1. The Morgan fingerprint density at radius 2 is 1.84 bits per heavy atom. The SMILES string of the molecule is CCOCCN1CCN([C@@H](C)c2nnc(-c3ccc(C)cc3)o2)CC1. The molecule has 0 spiro atoms. The maximum Gasteiger partial charge on any atom is 0.247 e. The lowest BCUT2D eigenvalue weighted by molar-refractivity contribution is 0.0622. The van der Waals surface area contributed by atoms with Gasteiger partial charge in [-0.25, -0.2) is 0 Å². The average molecular weight is 344 g/mol. The highest BCUT2D eigenvalue weighted by atomic mass is 16.5. The Labute approximate surface area is 149 Å². The van der Waals surface area contributed by atoms with Crippen LogP contribution in [0.25, 0.3) is 11.5 Å². The summed E-state index contributed by atoms with van der Waals surface area (Å²) in [6.45, 7) is 13.0. The molecule has 0 saturated carbocycles. The molecule has 2 heterocycles. The lowest BCUT2D eigenvalue weighted by Crippen LogP contribution is -2.48. The number of piperazine rings is 1. The fourth-order valence-electron chi connectivity index (χ4n) is 3.08. The quantitative estimate of drug-likeness (QED) is 0.720. The summed E-state index contributed by atoms with van der Waals surface area (Å²) in [6, 6.07) is 8.30. The molecule has 1 aromatic heterocycles. The molecule has 1 aliphatic heterocycles. The number of aromatic nitrogens is 2. The number of benzene rings is 1. The van der Waals surface area contributed by atoms with Crippen LogP contribution in [0.4, 0.5) is 0 Å². The van der Waals surface area contributed by atoms with Crippen molar-refractivity contribution in [3.8, 4) is 11.5 Å². The van der Waals surface area contributed by atoms with E-state index in [0.717, 1.165) is 51.5 Å². The van der Waals surface area contributed by atoms with Crippen molar-refractivity contribution in [2.24, 2.45) is 0 Å². The first kappa shape index (κ1) is 18.0. The van der Waals surface area contributed by atoms with Gasteiger partial charge >= 0.3 is 0 Å². The highest BCUT2D eigenvalue weighted by Gasteiger charge is 2.25. The highest BCUT2D eigenvalue weighted by molar-refractivity contribution is 5.52. The van der Waals surface area contributed by atoms with Gasteiger partial charge in [0.15, 0.2) is 0 Å². The molecule has 2 aromatic rings. The largest absolute Gasteiger partial charge is 0.419 e. The summed E-state index contributed by atoms with van der Waals surface area (Å²) in [4.78, 5) is 4.86. The zero-order valence-electron chi connectivity index (χ0n) is 15.4. The molecule has 1 atom stereocenters. The maximum absolute atomic E-state index is 5.93. The number of rotatable bonds is 7. The van der Waals surface area contributed by atoms with Crippen LogP contribution in [-0.2, 0) is 4.74 Å². The molecule has 1 fully saturated rings.